The molecule has 1 heterocycles. The van der Waals surface area contributed by atoms with Crippen LogP contribution in [-0.4, -0.2) is 28.7 Å². The molecule has 0 aromatic rings. The Hall–Kier alpha value is -2.85. The Morgan fingerprint density at radius 3 is 2.33 bits per heavy atom. The van der Waals surface area contributed by atoms with Crippen molar-refractivity contribution in [2.24, 2.45) is 10.7 Å². The fraction of sp³-hybridized carbons (Fsp3) is 0.414. The molecule has 1 atom stereocenters. The summed E-state index contributed by atoms with van der Waals surface area (Å²) in [5.41, 5.74) is 13.4. The number of rotatable bonds is 10. The van der Waals surface area contributed by atoms with E-state index in [1.807, 2.05) is 26.0 Å². The molecule has 0 radical (unpaired) electrons. The van der Waals surface area contributed by atoms with Crippen LogP contribution in [0, 0.1) is 0 Å². The van der Waals surface area contributed by atoms with E-state index in [1.54, 1.807) is 12.2 Å². The molecule has 0 saturated carbocycles. The molecule has 4 heteroatoms. The van der Waals surface area contributed by atoms with Crippen LogP contribution in [0.5, 0.6) is 0 Å². The molecule has 4 nitrogen and oxygen atoms in total. The number of nitrogens with zero attached hydrogens (tertiary/aromatic N) is 2. The molecule has 0 bridgehead atoms. The number of hydrogen-bond donors (Lipinski definition) is 2. The van der Waals surface area contributed by atoms with Crippen molar-refractivity contribution in [1.29, 1.82) is 0 Å². The third kappa shape index (κ3) is 9.27. The number of nitrogens with two attached hydrogens (primary N) is 1. The summed E-state index contributed by atoms with van der Waals surface area (Å²) in [6, 6.07) is 0.0971. The second-order valence-electron chi connectivity index (χ2n) is 9.61. The van der Waals surface area contributed by atoms with Crippen LogP contribution in [-0.2, 0) is 0 Å². The van der Waals surface area contributed by atoms with Crippen LogP contribution in [0.1, 0.15) is 61.8 Å². The molecule has 0 saturated heterocycles. The third-order valence-electron chi connectivity index (χ3n) is 5.18. The van der Waals surface area contributed by atoms with Crippen molar-refractivity contribution >= 4 is 5.71 Å². The van der Waals surface area contributed by atoms with Crippen molar-refractivity contribution in [3.05, 3.63) is 95.7 Å². The smallest absolute Gasteiger partial charge is 0.0912 e. The van der Waals surface area contributed by atoms with Crippen molar-refractivity contribution in [1.82, 2.24) is 10.2 Å². The summed E-state index contributed by atoms with van der Waals surface area (Å²) in [6.45, 7) is 25.6. The van der Waals surface area contributed by atoms with Gasteiger partial charge in [-0.1, -0.05) is 56.0 Å². The SMILES string of the molecule is C=C/C=C(N=C(C)C)/C(=C(N)\C(C=C)=C\C=C(\C)CC)N1C=CC(CNC(C)(C)C)=CC1C. The molecule has 0 aromatic heterocycles. The van der Waals surface area contributed by atoms with E-state index in [1.165, 1.54) is 11.1 Å². The Kier molecular flexibility index (Phi) is 11.1. The van der Waals surface area contributed by atoms with Gasteiger partial charge < -0.3 is 16.0 Å². The standard InChI is InChI=1S/C29H44N4/c1-11-14-26(32-21(4)5)28(27(30)25(13-3)16-15-22(6)12-2)33-18-17-24(19-23(33)7)20-31-29(8,9)10/h11,13-19,23,31H,1,3,12,20,30H2,2,4-10H3/b22-15-,25-16+,26-14-,28-27-. The number of hydrogen-bond acceptors (Lipinski definition) is 4. The second kappa shape index (κ2) is 13.0. The van der Waals surface area contributed by atoms with Gasteiger partial charge in [-0.15, -0.1) is 0 Å². The third-order valence-corrected chi connectivity index (χ3v) is 5.18. The summed E-state index contributed by atoms with van der Waals surface area (Å²) in [4.78, 5) is 6.97. The van der Waals surface area contributed by atoms with Crippen LogP contribution in [0.4, 0.5) is 0 Å². The van der Waals surface area contributed by atoms with Crippen LogP contribution >= 0.6 is 0 Å². The Morgan fingerprint density at radius 1 is 1.18 bits per heavy atom. The molecule has 3 N–H and O–H groups in total. The lowest BCUT2D eigenvalue weighted by atomic mass is 10.0. The Balaban J connectivity index is 3.60. The van der Waals surface area contributed by atoms with E-state index < -0.39 is 0 Å². The fourth-order valence-electron chi connectivity index (χ4n) is 3.21. The summed E-state index contributed by atoms with van der Waals surface area (Å²) in [6.07, 6.45) is 17.1. The molecular weight excluding hydrogens is 404 g/mol. The van der Waals surface area contributed by atoms with Gasteiger partial charge in [-0.25, -0.2) is 0 Å². The van der Waals surface area contributed by atoms with Crippen molar-refractivity contribution in [3.8, 4) is 0 Å². The zero-order valence-electron chi connectivity index (χ0n) is 22.0. The first-order valence-corrected chi connectivity index (χ1v) is 11.7. The Bertz CT molecular complexity index is 923. The summed E-state index contributed by atoms with van der Waals surface area (Å²) >= 11 is 0. The number of nitrogens with one attached hydrogen (secondary N) is 1. The zero-order chi connectivity index (χ0) is 25.2. The average molecular weight is 449 g/mol. The van der Waals surface area contributed by atoms with Crippen molar-refractivity contribution in [3.63, 3.8) is 0 Å². The highest BCUT2D eigenvalue weighted by atomic mass is 15.2. The molecular formula is C29H44N4. The van der Waals surface area contributed by atoms with E-state index in [2.05, 4.69) is 89.3 Å². The minimum Gasteiger partial charge on any atom is -0.396 e. The topological polar surface area (TPSA) is 53.6 Å². The van der Waals surface area contributed by atoms with E-state index in [0.717, 1.165) is 35.6 Å². The lowest BCUT2D eigenvalue weighted by Gasteiger charge is -2.34. The van der Waals surface area contributed by atoms with E-state index >= 15 is 0 Å². The van der Waals surface area contributed by atoms with Crippen molar-refractivity contribution < 1.29 is 0 Å². The summed E-state index contributed by atoms with van der Waals surface area (Å²) in [5.74, 6) is 0. The molecule has 1 aliphatic rings. The highest BCUT2D eigenvalue weighted by Gasteiger charge is 2.23. The molecule has 1 aliphatic heterocycles. The average Bonchev–Trinajstić information content (AvgIpc) is 2.73. The number of aliphatic imine (C=N–C) groups is 1. The van der Waals surface area contributed by atoms with Crippen molar-refractivity contribution in [2.45, 2.75) is 73.4 Å². The molecule has 0 aromatic carbocycles. The first-order valence-electron chi connectivity index (χ1n) is 11.7. The van der Waals surface area contributed by atoms with Crippen LogP contribution in [0.2, 0.25) is 0 Å². The van der Waals surface area contributed by atoms with Crippen LogP contribution in [0.3, 0.4) is 0 Å². The highest BCUT2D eigenvalue weighted by Crippen LogP contribution is 2.29. The summed E-state index contributed by atoms with van der Waals surface area (Å²) in [5, 5.41) is 3.56. The predicted octanol–water partition coefficient (Wildman–Crippen LogP) is 6.71. The molecule has 1 rings (SSSR count). The van der Waals surface area contributed by atoms with Gasteiger partial charge in [0.25, 0.3) is 0 Å². The summed E-state index contributed by atoms with van der Waals surface area (Å²) in [7, 11) is 0. The highest BCUT2D eigenvalue weighted by molar-refractivity contribution is 5.80. The van der Waals surface area contributed by atoms with Crippen LogP contribution in [0.15, 0.2) is 101 Å². The number of allylic oxidation sites excluding steroid dienone is 6. The van der Waals surface area contributed by atoms with Gasteiger partial charge in [0.2, 0.25) is 0 Å². The monoisotopic (exact) mass is 448 g/mol. The van der Waals surface area contributed by atoms with Gasteiger partial charge in [-0.05, 0) is 78.2 Å². The van der Waals surface area contributed by atoms with Crippen LogP contribution in [0.25, 0.3) is 0 Å². The Morgan fingerprint density at radius 2 is 1.85 bits per heavy atom. The first kappa shape index (κ1) is 28.2. The van der Waals surface area contributed by atoms with E-state index in [0.29, 0.717) is 5.70 Å². The van der Waals surface area contributed by atoms with E-state index in [4.69, 9.17) is 10.7 Å². The lowest BCUT2D eigenvalue weighted by molar-refractivity contribution is 0.404. The quantitative estimate of drug-likeness (QED) is 0.288. The molecule has 180 valence electrons. The maximum atomic E-state index is 6.81. The van der Waals surface area contributed by atoms with Gasteiger partial charge in [-0.2, -0.15) is 0 Å². The van der Waals surface area contributed by atoms with E-state index in [9.17, 15) is 0 Å². The molecule has 0 fully saturated rings. The maximum Gasteiger partial charge on any atom is 0.0912 e. The molecule has 0 spiro atoms. The zero-order valence-corrected chi connectivity index (χ0v) is 22.0. The first-order chi connectivity index (χ1) is 15.4. The molecule has 0 aliphatic carbocycles. The predicted molar refractivity (Wildman–Crippen MR) is 147 cm³/mol. The summed E-state index contributed by atoms with van der Waals surface area (Å²) < 4.78 is 0. The van der Waals surface area contributed by atoms with E-state index in [-0.39, 0.29) is 11.6 Å². The largest absolute Gasteiger partial charge is 0.396 e. The van der Waals surface area contributed by atoms with Gasteiger partial charge in [0.1, 0.15) is 0 Å². The minimum atomic E-state index is 0.0611. The minimum absolute atomic E-state index is 0.0611. The van der Waals surface area contributed by atoms with Gasteiger partial charge in [-0.3, -0.25) is 4.99 Å². The normalized spacial score (nSPS) is 18.5. The van der Waals surface area contributed by atoms with Gasteiger partial charge >= 0.3 is 0 Å². The molecule has 33 heavy (non-hydrogen) atoms. The van der Waals surface area contributed by atoms with Gasteiger partial charge in [0.15, 0.2) is 0 Å². The van der Waals surface area contributed by atoms with Crippen LogP contribution < -0.4 is 11.1 Å². The molecule has 1 unspecified atom stereocenters. The Labute approximate surface area is 202 Å². The van der Waals surface area contributed by atoms with Gasteiger partial charge in [0.05, 0.1) is 17.1 Å². The maximum absolute atomic E-state index is 6.81. The lowest BCUT2D eigenvalue weighted by Crippen LogP contribution is -2.38. The van der Waals surface area contributed by atoms with Gasteiger partial charge in [0, 0.05) is 30.0 Å². The molecule has 0 amide bonds. The van der Waals surface area contributed by atoms with Crippen molar-refractivity contribution in [2.75, 3.05) is 6.54 Å². The fourth-order valence-corrected chi connectivity index (χ4v) is 3.21. The second-order valence-corrected chi connectivity index (χ2v) is 9.61.